The SMILES string of the molecule is CC(C)CN(CC1CCN(C2Cc3ccccc3C2)CC1)C[C@H]1CCCO1. The number of rotatable bonds is 7. The second-order valence-electron chi connectivity index (χ2n) is 9.56. The summed E-state index contributed by atoms with van der Waals surface area (Å²) in [6, 6.07) is 9.81. The van der Waals surface area contributed by atoms with Crippen molar-refractivity contribution in [1.82, 2.24) is 9.80 Å². The van der Waals surface area contributed by atoms with Crippen molar-refractivity contribution >= 4 is 0 Å². The number of piperidine rings is 1. The third-order valence-corrected chi connectivity index (χ3v) is 6.82. The van der Waals surface area contributed by atoms with Crippen LogP contribution >= 0.6 is 0 Å². The van der Waals surface area contributed by atoms with Crippen molar-refractivity contribution in [2.75, 3.05) is 39.3 Å². The Bertz CT molecular complexity index is 563. The van der Waals surface area contributed by atoms with E-state index in [-0.39, 0.29) is 0 Å². The lowest BCUT2D eigenvalue weighted by molar-refractivity contribution is 0.0528. The second kappa shape index (κ2) is 9.07. The molecule has 0 unspecified atom stereocenters. The quantitative estimate of drug-likeness (QED) is 0.721. The van der Waals surface area contributed by atoms with Crippen LogP contribution in [0.1, 0.15) is 50.7 Å². The average Bonchev–Trinajstić information content (AvgIpc) is 3.31. The highest BCUT2D eigenvalue weighted by Gasteiger charge is 2.30. The lowest BCUT2D eigenvalue weighted by atomic mass is 9.94. The third kappa shape index (κ3) is 5.13. The zero-order valence-electron chi connectivity index (χ0n) is 17.4. The van der Waals surface area contributed by atoms with Crippen LogP contribution in [0.3, 0.4) is 0 Å². The fourth-order valence-electron chi connectivity index (χ4n) is 5.48. The maximum Gasteiger partial charge on any atom is 0.0702 e. The zero-order chi connectivity index (χ0) is 18.6. The van der Waals surface area contributed by atoms with E-state index in [1.807, 2.05) is 0 Å². The highest BCUT2D eigenvalue weighted by molar-refractivity contribution is 5.33. The van der Waals surface area contributed by atoms with E-state index < -0.39 is 0 Å². The molecular weight excluding hydrogens is 332 g/mol. The largest absolute Gasteiger partial charge is 0.377 e. The van der Waals surface area contributed by atoms with Gasteiger partial charge in [0.25, 0.3) is 0 Å². The standard InChI is InChI=1S/C24H38N2O/c1-19(2)16-25(18-24-8-5-13-27-24)17-20-9-11-26(12-10-20)23-14-21-6-3-4-7-22(21)15-23/h3-4,6-7,19-20,23-24H,5,8-18H2,1-2H3/t24-/m1/s1. The summed E-state index contributed by atoms with van der Waals surface area (Å²) in [5, 5.41) is 0. The minimum absolute atomic E-state index is 0.487. The van der Waals surface area contributed by atoms with Crippen molar-refractivity contribution in [2.24, 2.45) is 11.8 Å². The predicted molar refractivity (Wildman–Crippen MR) is 112 cm³/mol. The van der Waals surface area contributed by atoms with Gasteiger partial charge in [-0.2, -0.15) is 0 Å². The van der Waals surface area contributed by atoms with Gasteiger partial charge in [-0.1, -0.05) is 38.1 Å². The average molecular weight is 371 g/mol. The number of likely N-dealkylation sites (tertiary alicyclic amines) is 1. The van der Waals surface area contributed by atoms with Crippen molar-refractivity contribution in [3.63, 3.8) is 0 Å². The van der Waals surface area contributed by atoms with E-state index in [0.29, 0.717) is 6.10 Å². The molecule has 0 saturated carbocycles. The Hall–Kier alpha value is -0.900. The van der Waals surface area contributed by atoms with Crippen LogP contribution < -0.4 is 0 Å². The molecule has 1 aromatic rings. The van der Waals surface area contributed by atoms with Crippen LogP contribution in [0, 0.1) is 11.8 Å². The number of hydrogen-bond donors (Lipinski definition) is 0. The van der Waals surface area contributed by atoms with Gasteiger partial charge in [0.15, 0.2) is 0 Å². The first kappa shape index (κ1) is 19.4. The lowest BCUT2D eigenvalue weighted by Crippen LogP contribution is -2.45. The summed E-state index contributed by atoms with van der Waals surface area (Å²) < 4.78 is 5.92. The molecule has 2 saturated heterocycles. The maximum atomic E-state index is 5.92. The molecule has 0 aromatic heterocycles. The van der Waals surface area contributed by atoms with Crippen molar-refractivity contribution in [3.8, 4) is 0 Å². The van der Waals surface area contributed by atoms with Crippen LogP contribution in [0.2, 0.25) is 0 Å². The van der Waals surface area contributed by atoms with Gasteiger partial charge in [-0.3, -0.25) is 4.90 Å². The molecule has 0 spiro atoms. The van der Waals surface area contributed by atoms with Gasteiger partial charge < -0.3 is 9.64 Å². The Morgan fingerprint density at radius 2 is 1.74 bits per heavy atom. The number of hydrogen-bond acceptors (Lipinski definition) is 3. The molecule has 0 bridgehead atoms. The Morgan fingerprint density at radius 3 is 2.33 bits per heavy atom. The third-order valence-electron chi connectivity index (χ3n) is 6.82. The van der Waals surface area contributed by atoms with Crippen LogP contribution in [0.25, 0.3) is 0 Å². The molecule has 2 aliphatic heterocycles. The normalized spacial score (nSPS) is 25.0. The molecule has 27 heavy (non-hydrogen) atoms. The summed E-state index contributed by atoms with van der Waals surface area (Å²) in [5.41, 5.74) is 3.17. The predicted octanol–water partition coefficient (Wildman–Crippen LogP) is 4.00. The van der Waals surface area contributed by atoms with Crippen LogP contribution in [0.4, 0.5) is 0 Å². The monoisotopic (exact) mass is 370 g/mol. The maximum absolute atomic E-state index is 5.92. The Balaban J connectivity index is 1.25. The molecule has 2 fully saturated rings. The molecule has 150 valence electrons. The fraction of sp³-hybridized carbons (Fsp3) is 0.750. The molecule has 3 nitrogen and oxygen atoms in total. The van der Waals surface area contributed by atoms with Crippen LogP contribution in [0.5, 0.6) is 0 Å². The summed E-state index contributed by atoms with van der Waals surface area (Å²) in [6.07, 6.45) is 8.26. The Kier molecular flexibility index (Phi) is 6.52. The van der Waals surface area contributed by atoms with Crippen molar-refractivity contribution in [1.29, 1.82) is 0 Å². The summed E-state index contributed by atoms with van der Waals surface area (Å²) in [6.45, 7) is 11.9. The van der Waals surface area contributed by atoms with Gasteiger partial charge >= 0.3 is 0 Å². The first-order valence-corrected chi connectivity index (χ1v) is 11.3. The summed E-state index contributed by atoms with van der Waals surface area (Å²) >= 11 is 0. The molecule has 0 radical (unpaired) electrons. The lowest BCUT2D eigenvalue weighted by Gasteiger charge is -2.38. The van der Waals surface area contributed by atoms with Gasteiger partial charge in [-0.05, 0) is 74.6 Å². The Labute approximate surface area is 166 Å². The highest BCUT2D eigenvalue weighted by Crippen LogP contribution is 2.29. The number of benzene rings is 1. The van der Waals surface area contributed by atoms with Gasteiger partial charge in [0.05, 0.1) is 6.10 Å². The summed E-state index contributed by atoms with van der Waals surface area (Å²) in [7, 11) is 0. The molecule has 1 aliphatic carbocycles. The fourth-order valence-corrected chi connectivity index (χ4v) is 5.48. The summed E-state index contributed by atoms with van der Waals surface area (Å²) in [5.74, 6) is 1.61. The molecule has 0 amide bonds. The minimum Gasteiger partial charge on any atom is -0.377 e. The minimum atomic E-state index is 0.487. The number of fused-ring (bicyclic) bond motifs is 1. The van der Waals surface area contributed by atoms with Gasteiger partial charge in [0.1, 0.15) is 0 Å². The molecule has 3 aliphatic rings. The van der Waals surface area contributed by atoms with Crippen molar-refractivity contribution in [3.05, 3.63) is 35.4 Å². The van der Waals surface area contributed by atoms with E-state index >= 15 is 0 Å². The first-order valence-electron chi connectivity index (χ1n) is 11.3. The molecule has 4 rings (SSSR count). The van der Waals surface area contributed by atoms with E-state index in [4.69, 9.17) is 4.74 Å². The smallest absolute Gasteiger partial charge is 0.0702 e. The van der Waals surface area contributed by atoms with E-state index in [2.05, 4.69) is 47.9 Å². The summed E-state index contributed by atoms with van der Waals surface area (Å²) in [4.78, 5) is 5.50. The number of ether oxygens (including phenoxy) is 1. The molecule has 2 heterocycles. The van der Waals surface area contributed by atoms with Crippen LogP contribution in [0.15, 0.2) is 24.3 Å². The van der Waals surface area contributed by atoms with Crippen LogP contribution in [-0.4, -0.2) is 61.3 Å². The van der Waals surface area contributed by atoms with E-state index in [1.54, 1.807) is 11.1 Å². The molecule has 1 atom stereocenters. The van der Waals surface area contributed by atoms with Crippen molar-refractivity contribution < 1.29 is 4.74 Å². The topological polar surface area (TPSA) is 15.7 Å². The molecule has 3 heteroatoms. The van der Waals surface area contributed by atoms with Crippen molar-refractivity contribution in [2.45, 2.75) is 64.5 Å². The van der Waals surface area contributed by atoms with Gasteiger partial charge in [0, 0.05) is 32.3 Å². The van der Waals surface area contributed by atoms with Gasteiger partial charge in [-0.15, -0.1) is 0 Å². The second-order valence-corrected chi connectivity index (χ2v) is 9.56. The zero-order valence-corrected chi connectivity index (χ0v) is 17.4. The van der Waals surface area contributed by atoms with Crippen LogP contribution in [-0.2, 0) is 17.6 Å². The van der Waals surface area contributed by atoms with Gasteiger partial charge in [0.2, 0.25) is 0 Å². The molecule has 0 N–H and O–H groups in total. The van der Waals surface area contributed by atoms with Gasteiger partial charge in [-0.25, -0.2) is 0 Å². The Morgan fingerprint density at radius 1 is 1.04 bits per heavy atom. The molecular formula is C24H38N2O. The van der Waals surface area contributed by atoms with E-state index in [0.717, 1.165) is 31.0 Å². The van der Waals surface area contributed by atoms with E-state index in [1.165, 1.54) is 64.7 Å². The first-order chi connectivity index (χ1) is 13.2. The highest BCUT2D eigenvalue weighted by atomic mass is 16.5. The number of nitrogens with zero attached hydrogens (tertiary/aromatic N) is 2. The van der Waals surface area contributed by atoms with E-state index in [9.17, 15) is 0 Å². The molecule has 1 aromatic carbocycles.